The Hall–Kier alpha value is -2.60. The summed E-state index contributed by atoms with van der Waals surface area (Å²) in [7, 11) is 1.58. The first-order chi connectivity index (χ1) is 10.0. The minimum absolute atomic E-state index is 0.172. The number of methoxy groups -OCH3 is 1. The Bertz CT molecular complexity index is 676. The molecule has 3 heteroatoms. The van der Waals surface area contributed by atoms with Gasteiger partial charge >= 0.3 is 0 Å². The lowest BCUT2D eigenvalue weighted by atomic mass is 9.90. The highest BCUT2D eigenvalue weighted by atomic mass is 16.5. The Morgan fingerprint density at radius 2 is 1.67 bits per heavy atom. The van der Waals surface area contributed by atoms with Gasteiger partial charge < -0.3 is 4.74 Å². The van der Waals surface area contributed by atoms with Gasteiger partial charge in [0.25, 0.3) is 0 Å². The summed E-state index contributed by atoms with van der Waals surface area (Å²) < 4.78 is 5.09. The van der Waals surface area contributed by atoms with Crippen molar-refractivity contribution in [3.63, 3.8) is 0 Å². The maximum atomic E-state index is 12.6. The number of carbonyl (C=O) groups is 1. The average molecular weight is 279 g/mol. The number of nitriles is 1. The molecule has 106 valence electrons. The Balaban J connectivity index is 2.36. The summed E-state index contributed by atoms with van der Waals surface area (Å²) >= 11 is 0. The van der Waals surface area contributed by atoms with E-state index in [2.05, 4.69) is 6.07 Å². The van der Waals surface area contributed by atoms with Gasteiger partial charge in [0, 0.05) is 5.56 Å². The molecule has 0 saturated heterocycles. The van der Waals surface area contributed by atoms with E-state index in [1.165, 1.54) is 0 Å². The van der Waals surface area contributed by atoms with Crippen molar-refractivity contribution in [3.05, 3.63) is 64.7 Å². The summed E-state index contributed by atoms with van der Waals surface area (Å²) in [4.78, 5) is 12.6. The first-order valence-corrected chi connectivity index (χ1v) is 6.71. The molecule has 1 atom stereocenters. The van der Waals surface area contributed by atoms with E-state index >= 15 is 0 Å². The Kier molecular flexibility index (Phi) is 4.39. The van der Waals surface area contributed by atoms with Gasteiger partial charge in [0.2, 0.25) is 0 Å². The van der Waals surface area contributed by atoms with Crippen LogP contribution in [0.4, 0.5) is 0 Å². The van der Waals surface area contributed by atoms with Crippen molar-refractivity contribution >= 4 is 5.78 Å². The molecule has 0 fully saturated rings. The summed E-state index contributed by atoms with van der Waals surface area (Å²) in [6, 6.07) is 14.8. The van der Waals surface area contributed by atoms with E-state index in [-0.39, 0.29) is 5.78 Å². The van der Waals surface area contributed by atoms with Crippen LogP contribution in [0.15, 0.2) is 42.5 Å². The third-order valence-electron chi connectivity index (χ3n) is 3.35. The molecule has 0 saturated carbocycles. The van der Waals surface area contributed by atoms with Gasteiger partial charge in [-0.25, -0.2) is 0 Å². The fraction of sp³-hybridized carbons (Fsp3) is 0.222. The Morgan fingerprint density at radius 1 is 1.10 bits per heavy atom. The number of aryl methyl sites for hydroxylation is 2. The van der Waals surface area contributed by atoms with E-state index < -0.39 is 5.92 Å². The molecular weight excluding hydrogens is 262 g/mol. The maximum Gasteiger partial charge on any atom is 0.184 e. The van der Waals surface area contributed by atoms with Gasteiger partial charge in [0.05, 0.1) is 13.2 Å². The second-order valence-corrected chi connectivity index (χ2v) is 5.08. The van der Waals surface area contributed by atoms with Crippen LogP contribution in [0.1, 0.15) is 33.0 Å². The third kappa shape index (κ3) is 3.29. The number of rotatable bonds is 4. The quantitative estimate of drug-likeness (QED) is 0.800. The topological polar surface area (TPSA) is 50.1 Å². The number of nitrogens with zero attached hydrogens (tertiary/aromatic N) is 1. The molecule has 0 aliphatic rings. The lowest BCUT2D eigenvalue weighted by molar-refractivity contribution is 0.0978. The minimum atomic E-state index is -0.794. The van der Waals surface area contributed by atoms with Crippen LogP contribution in [0.5, 0.6) is 5.75 Å². The highest BCUT2D eigenvalue weighted by Gasteiger charge is 2.22. The van der Waals surface area contributed by atoms with Crippen molar-refractivity contribution in [1.29, 1.82) is 5.26 Å². The monoisotopic (exact) mass is 279 g/mol. The normalized spacial score (nSPS) is 11.5. The van der Waals surface area contributed by atoms with Crippen molar-refractivity contribution in [2.24, 2.45) is 0 Å². The van der Waals surface area contributed by atoms with Crippen molar-refractivity contribution in [2.45, 2.75) is 19.8 Å². The fourth-order valence-corrected chi connectivity index (χ4v) is 2.36. The zero-order valence-electron chi connectivity index (χ0n) is 12.4. The third-order valence-corrected chi connectivity index (χ3v) is 3.35. The van der Waals surface area contributed by atoms with Crippen molar-refractivity contribution < 1.29 is 9.53 Å². The van der Waals surface area contributed by atoms with Crippen LogP contribution >= 0.6 is 0 Å². The minimum Gasteiger partial charge on any atom is -0.497 e. The standard InChI is InChI=1S/C18H17NO2/c1-12-8-13(2)10-15(9-12)18(20)17(11-19)14-4-6-16(21-3)7-5-14/h4-10,17H,1-3H3. The first kappa shape index (κ1) is 14.8. The molecule has 0 radical (unpaired) electrons. The van der Waals surface area contributed by atoms with Crippen LogP contribution in [0.25, 0.3) is 0 Å². The van der Waals surface area contributed by atoms with Gasteiger partial charge in [0.15, 0.2) is 5.78 Å². The number of Topliss-reactive ketones (excluding diaryl/α,β-unsaturated/α-hetero) is 1. The molecule has 2 aromatic carbocycles. The van der Waals surface area contributed by atoms with E-state index in [0.29, 0.717) is 16.9 Å². The van der Waals surface area contributed by atoms with Crippen LogP contribution in [0.2, 0.25) is 0 Å². The fourth-order valence-electron chi connectivity index (χ4n) is 2.36. The van der Waals surface area contributed by atoms with Crippen molar-refractivity contribution in [2.75, 3.05) is 7.11 Å². The summed E-state index contributed by atoms with van der Waals surface area (Å²) in [6.07, 6.45) is 0. The van der Waals surface area contributed by atoms with Gasteiger partial charge in [-0.05, 0) is 43.7 Å². The molecule has 3 nitrogen and oxygen atoms in total. The van der Waals surface area contributed by atoms with Gasteiger partial charge in [0.1, 0.15) is 11.7 Å². The predicted octanol–water partition coefficient (Wildman–Crippen LogP) is 3.80. The average Bonchev–Trinajstić information content (AvgIpc) is 2.47. The lowest BCUT2D eigenvalue weighted by Crippen LogP contribution is -2.11. The van der Waals surface area contributed by atoms with Gasteiger partial charge in [-0.3, -0.25) is 4.79 Å². The molecule has 2 rings (SSSR count). The molecule has 0 N–H and O–H groups in total. The molecule has 0 spiro atoms. The maximum absolute atomic E-state index is 12.6. The van der Waals surface area contributed by atoms with Crippen LogP contribution in [0.3, 0.4) is 0 Å². The van der Waals surface area contributed by atoms with E-state index in [0.717, 1.165) is 11.1 Å². The summed E-state index contributed by atoms with van der Waals surface area (Å²) in [5.41, 5.74) is 3.30. The van der Waals surface area contributed by atoms with Crippen molar-refractivity contribution in [3.8, 4) is 11.8 Å². The summed E-state index contributed by atoms with van der Waals surface area (Å²) in [6.45, 7) is 3.89. The summed E-state index contributed by atoms with van der Waals surface area (Å²) in [5.74, 6) is -0.263. The number of ketones is 1. The van der Waals surface area contributed by atoms with Crippen LogP contribution in [-0.2, 0) is 0 Å². The molecule has 0 aliphatic carbocycles. The number of benzene rings is 2. The number of hydrogen-bond donors (Lipinski definition) is 0. The predicted molar refractivity (Wildman–Crippen MR) is 81.6 cm³/mol. The number of hydrogen-bond acceptors (Lipinski definition) is 3. The van der Waals surface area contributed by atoms with Crippen LogP contribution in [0, 0.1) is 25.2 Å². The number of carbonyl (C=O) groups excluding carboxylic acids is 1. The molecule has 0 aliphatic heterocycles. The molecule has 21 heavy (non-hydrogen) atoms. The number of ether oxygens (including phenoxy) is 1. The molecule has 0 bridgehead atoms. The van der Waals surface area contributed by atoms with Gasteiger partial charge in [-0.15, -0.1) is 0 Å². The molecule has 2 aromatic rings. The second kappa shape index (κ2) is 6.23. The largest absolute Gasteiger partial charge is 0.497 e. The second-order valence-electron chi connectivity index (χ2n) is 5.08. The van der Waals surface area contributed by atoms with Crippen molar-refractivity contribution in [1.82, 2.24) is 0 Å². The van der Waals surface area contributed by atoms with E-state index in [1.54, 1.807) is 31.4 Å². The summed E-state index contributed by atoms with van der Waals surface area (Å²) in [5, 5.41) is 9.37. The van der Waals surface area contributed by atoms with Crippen LogP contribution in [-0.4, -0.2) is 12.9 Å². The Morgan fingerprint density at radius 3 is 2.14 bits per heavy atom. The molecular formula is C18H17NO2. The molecule has 0 amide bonds. The molecule has 0 aromatic heterocycles. The van der Waals surface area contributed by atoms with Gasteiger partial charge in [-0.1, -0.05) is 29.3 Å². The SMILES string of the molecule is COc1ccc(C(C#N)C(=O)c2cc(C)cc(C)c2)cc1. The highest BCUT2D eigenvalue weighted by Crippen LogP contribution is 2.24. The van der Waals surface area contributed by atoms with E-state index in [4.69, 9.17) is 4.74 Å². The molecule has 1 unspecified atom stereocenters. The smallest absolute Gasteiger partial charge is 0.184 e. The van der Waals surface area contributed by atoms with Gasteiger partial charge in [-0.2, -0.15) is 5.26 Å². The zero-order chi connectivity index (χ0) is 15.4. The lowest BCUT2D eigenvalue weighted by Gasteiger charge is -2.11. The van der Waals surface area contributed by atoms with E-state index in [9.17, 15) is 10.1 Å². The van der Waals surface area contributed by atoms with Crippen LogP contribution < -0.4 is 4.74 Å². The Labute approximate surface area is 124 Å². The van der Waals surface area contributed by atoms with E-state index in [1.807, 2.05) is 32.0 Å². The zero-order valence-corrected chi connectivity index (χ0v) is 12.4. The highest BCUT2D eigenvalue weighted by molar-refractivity contribution is 6.03. The first-order valence-electron chi connectivity index (χ1n) is 6.71. The molecule has 0 heterocycles.